The van der Waals surface area contributed by atoms with Gasteiger partial charge >= 0.3 is 0 Å². The second kappa shape index (κ2) is 11.0. The van der Waals surface area contributed by atoms with Gasteiger partial charge in [-0.05, 0) is 38.5 Å². The molecule has 0 saturated carbocycles. The van der Waals surface area contributed by atoms with E-state index in [9.17, 15) is 4.79 Å². The molecule has 2 N–H and O–H groups in total. The number of aliphatic imine (C=N–C) groups is 1. The smallest absolute Gasteiger partial charge is 0.243 e. The minimum absolute atomic E-state index is 0. The lowest BCUT2D eigenvalue weighted by Crippen LogP contribution is -2.43. The van der Waals surface area contributed by atoms with Crippen LogP contribution >= 0.6 is 47.2 Å². The van der Waals surface area contributed by atoms with Gasteiger partial charge in [-0.15, -0.1) is 24.0 Å². The van der Waals surface area contributed by atoms with Crippen LogP contribution in [0, 0.1) is 0 Å². The van der Waals surface area contributed by atoms with E-state index in [0.29, 0.717) is 16.0 Å². The number of carbonyl (C=O) groups is 1. The number of likely N-dealkylation sites (N-methyl/N-ethyl adjacent to an activating group) is 1. The summed E-state index contributed by atoms with van der Waals surface area (Å²) in [6, 6.07) is 5.64. The average molecular weight is 487 g/mol. The molecule has 0 fully saturated rings. The van der Waals surface area contributed by atoms with E-state index in [1.54, 1.807) is 20.2 Å². The fourth-order valence-corrected chi connectivity index (χ4v) is 2.07. The molecule has 0 aromatic heterocycles. The largest absolute Gasteiger partial charge is 0.354 e. The first kappa shape index (κ1) is 23.3. The first-order chi connectivity index (χ1) is 10.7. The van der Waals surface area contributed by atoms with Crippen LogP contribution in [0.1, 0.15) is 32.4 Å². The third-order valence-corrected chi connectivity index (χ3v) is 3.83. The van der Waals surface area contributed by atoms with E-state index in [-0.39, 0.29) is 48.5 Å². The first-order valence-corrected chi connectivity index (χ1v) is 8.19. The number of benzene rings is 1. The Morgan fingerprint density at radius 2 is 1.79 bits per heavy atom. The van der Waals surface area contributed by atoms with Gasteiger partial charge in [-0.25, -0.2) is 4.99 Å². The van der Waals surface area contributed by atoms with Crippen molar-refractivity contribution >= 4 is 59.0 Å². The number of amides is 1. The molecule has 0 spiro atoms. The highest BCUT2D eigenvalue weighted by Crippen LogP contribution is 2.25. The van der Waals surface area contributed by atoms with Crippen LogP contribution in [0.4, 0.5) is 0 Å². The molecular weight excluding hydrogens is 462 g/mol. The van der Waals surface area contributed by atoms with Gasteiger partial charge in [-0.1, -0.05) is 29.3 Å². The zero-order valence-electron chi connectivity index (χ0n) is 14.6. The van der Waals surface area contributed by atoms with Crippen LogP contribution in [-0.2, 0) is 4.79 Å². The molecule has 136 valence electrons. The van der Waals surface area contributed by atoms with Gasteiger partial charge in [0, 0.05) is 20.1 Å². The standard InChI is InChI=1S/C16H24Cl2N4O.HI/c1-10(2)20-16(19-9-15(23)22(4)5)21-11(3)12-6-7-13(17)14(18)8-12;/h6-8,10-11H,9H2,1-5H3,(H2,19,20,21);1H. The van der Waals surface area contributed by atoms with E-state index in [4.69, 9.17) is 23.2 Å². The highest BCUT2D eigenvalue weighted by molar-refractivity contribution is 14.0. The number of carbonyl (C=O) groups excluding carboxylic acids is 1. The number of nitrogens with one attached hydrogen (secondary N) is 2. The second-order valence-corrected chi connectivity index (χ2v) is 6.61. The summed E-state index contributed by atoms with van der Waals surface area (Å²) in [6.45, 7) is 6.09. The van der Waals surface area contributed by atoms with Crippen molar-refractivity contribution in [3.05, 3.63) is 33.8 Å². The summed E-state index contributed by atoms with van der Waals surface area (Å²) >= 11 is 12.0. The van der Waals surface area contributed by atoms with Crippen molar-refractivity contribution in [3.8, 4) is 0 Å². The topological polar surface area (TPSA) is 56.7 Å². The van der Waals surface area contributed by atoms with Crippen molar-refractivity contribution in [1.82, 2.24) is 15.5 Å². The van der Waals surface area contributed by atoms with Gasteiger partial charge in [0.05, 0.1) is 16.1 Å². The Morgan fingerprint density at radius 3 is 2.29 bits per heavy atom. The molecule has 0 bridgehead atoms. The number of hydrogen-bond acceptors (Lipinski definition) is 2. The molecule has 0 saturated heterocycles. The first-order valence-electron chi connectivity index (χ1n) is 7.43. The van der Waals surface area contributed by atoms with Gasteiger partial charge in [0.15, 0.2) is 5.96 Å². The van der Waals surface area contributed by atoms with Crippen LogP contribution in [0.5, 0.6) is 0 Å². The lowest BCUT2D eigenvalue weighted by Gasteiger charge is -2.21. The number of guanidine groups is 1. The van der Waals surface area contributed by atoms with E-state index >= 15 is 0 Å². The highest BCUT2D eigenvalue weighted by atomic mass is 127. The maximum atomic E-state index is 11.7. The SMILES string of the molecule is CC(C)NC(=NCC(=O)N(C)C)NC(C)c1ccc(Cl)c(Cl)c1.I. The van der Waals surface area contributed by atoms with Gasteiger partial charge < -0.3 is 15.5 Å². The summed E-state index contributed by atoms with van der Waals surface area (Å²) < 4.78 is 0. The van der Waals surface area contributed by atoms with E-state index in [0.717, 1.165) is 5.56 Å². The van der Waals surface area contributed by atoms with E-state index in [2.05, 4.69) is 15.6 Å². The molecule has 0 aliphatic carbocycles. The monoisotopic (exact) mass is 486 g/mol. The molecule has 0 heterocycles. The molecule has 1 amide bonds. The molecule has 1 aromatic carbocycles. The van der Waals surface area contributed by atoms with Crippen LogP contribution in [0.3, 0.4) is 0 Å². The summed E-state index contributed by atoms with van der Waals surface area (Å²) in [7, 11) is 3.42. The van der Waals surface area contributed by atoms with Crippen molar-refractivity contribution in [3.63, 3.8) is 0 Å². The van der Waals surface area contributed by atoms with E-state index in [1.165, 1.54) is 4.90 Å². The molecule has 0 aliphatic heterocycles. The lowest BCUT2D eigenvalue weighted by atomic mass is 10.1. The van der Waals surface area contributed by atoms with Crippen LogP contribution < -0.4 is 10.6 Å². The number of rotatable bonds is 5. The number of nitrogens with zero attached hydrogens (tertiary/aromatic N) is 2. The fraction of sp³-hybridized carbons (Fsp3) is 0.500. The van der Waals surface area contributed by atoms with E-state index in [1.807, 2.05) is 32.9 Å². The van der Waals surface area contributed by atoms with E-state index < -0.39 is 0 Å². The maximum Gasteiger partial charge on any atom is 0.243 e. The Morgan fingerprint density at radius 1 is 1.17 bits per heavy atom. The minimum atomic E-state index is -0.0583. The summed E-state index contributed by atoms with van der Waals surface area (Å²) in [5.74, 6) is 0.519. The zero-order chi connectivity index (χ0) is 17.6. The average Bonchev–Trinajstić information content (AvgIpc) is 2.46. The van der Waals surface area contributed by atoms with Crippen molar-refractivity contribution in [1.29, 1.82) is 0 Å². The maximum absolute atomic E-state index is 11.7. The van der Waals surface area contributed by atoms with Gasteiger partial charge in [-0.2, -0.15) is 0 Å². The normalized spacial score (nSPS) is 12.4. The molecule has 5 nitrogen and oxygen atoms in total. The Bertz CT molecular complexity index is 579. The van der Waals surface area contributed by atoms with Gasteiger partial charge in [0.1, 0.15) is 6.54 Å². The minimum Gasteiger partial charge on any atom is -0.354 e. The third-order valence-electron chi connectivity index (χ3n) is 3.09. The predicted molar refractivity (Wildman–Crippen MR) is 113 cm³/mol. The van der Waals surface area contributed by atoms with Gasteiger partial charge in [0.2, 0.25) is 5.91 Å². The van der Waals surface area contributed by atoms with Crippen LogP contribution in [0.25, 0.3) is 0 Å². The van der Waals surface area contributed by atoms with Crippen molar-refractivity contribution in [2.75, 3.05) is 20.6 Å². The predicted octanol–water partition coefficient (Wildman–Crippen LogP) is 3.70. The molecule has 24 heavy (non-hydrogen) atoms. The Labute approximate surface area is 171 Å². The Kier molecular flexibility index (Phi) is 10.7. The van der Waals surface area contributed by atoms with Crippen LogP contribution in [0.2, 0.25) is 10.0 Å². The summed E-state index contributed by atoms with van der Waals surface area (Å²) in [4.78, 5) is 17.5. The van der Waals surface area contributed by atoms with Gasteiger partial charge in [0.25, 0.3) is 0 Å². The molecule has 8 heteroatoms. The molecule has 1 aromatic rings. The van der Waals surface area contributed by atoms with Crippen molar-refractivity contribution in [2.24, 2.45) is 4.99 Å². The third kappa shape index (κ3) is 7.90. The molecule has 1 rings (SSSR count). The Balaban J connectivity index is 0.00000529. The molecule has 1 atom stereocenters. The lowest BCUT2D eigenvalue weighted by molar-refractivity contribution is -0.127. The summed E-state index contributed by atoms with van der Waals surface area (Å²) in [6.07, 6.45) is 0. The van der Waals surface area contributed by atoms with Crippen LogP contribution in [0.15, 0.2) is 23.2 Å². The van der Waals surface area contributed by atoms with Crippen molar-refractivity contribution in [2.45, 2.75) is 32.9 Å². The summed E-state index contributed by atoms with van der Waals surface area (Å²) in [5.41, 5.74) is 0.983. The fourth-order valence-electron chi connectivity index (χ4n) is 1.76. The Hall–Kier alpha value is -0.730. The van der Waals surface area contributed by atoms with Gasteiger partial charge in [-0.3, -0.25) is 4.79 Å². The molecule has 1 unspecified atom stereocenters. The second-order valence-electron chi connectivity index (χ2n) is 5.79. The molecule has 0 aliphatic rings. The summed E-state index contributed by atoms with van der Waals surface area (Å²) in [5, 5.41) is 7.51. The zero-order valence-corrected chi connectivity index (χ0v) is 18.4. The van der Waals surface area contributed by atoms with Crippen LogP contribution in [-0.4, -0.2) is 43.4 Å². The number of hydrogen-bond donors (Lipinski definition) is 2. The van der Waals surface area contributed by atoms with Crippen molar-refractivity contribution < 1.29 is 4.79 Å². The molecule has 0 radical (unpaired) electrons. The number of halogens is 3. The quantitative estimate of drug-likeness (QED) is 0.379. The highest BCUT2D eigenvalue weighted by Gasteiger charge is 2.11. The molecular formula is C16H25Cl2IN4O.